The van der Waals surface area contributed by atoms with E-state index in [9.17, 15) is 4.79 Å². The summed E-state index contributed by atoms with van der Waals surface area (Å²) in [6.07, 6.45) is 2.44. The number of carbonyl (C=O) groups is 1. The van der Waals surface area contributed by atoms with Crippen LogP contribution in [0.25, 0.3) is 0 Å². The van der Waals surface area contributed by atoms with Crippen molar-refractivity contribution < 1.29 is 9.53 Å². The molecular formula is C17H24ClN3O2. The van der Waals surface area contributed by atoms with E-state index < -0.39 is 0 Å². The number of urea groups is 1. The van der Waals surface area contributed by atoms with E-state index in [-0.39, 0.29) is 12.1 Å². The molecule has 23 heavy (non-hydrogen) atoms. The Bertz CT molecular complexity index is 537. The van der Waals surface area contributed by atoms with Gasteiger partial charge >= 0.3 is 6.03 Å². The molecule has 2 atom stereocenters. The van der Waals surface area contributed by atoms with Crippen molar-refractivity contribution in [1.82, 2.24) is 15.1 Å². The van der Waals surface area contributed by atoms with Crippen LogP contribution >= 0.6 is 11.6 Å². The number of ether oxygens (including phenoxy) is 1. The first-order valence-electron chi connectivity index (χ1n) is 8.21. The van der Waals surface area contributed by atoms with Gasteiger partial charge in [0, 0.05) is 37.8 Å². The van der Waals surface area contributed by atoms with E-state index >= 15 is 0 Å². The lowest BCUT2D eigenvalue weighted by atomic mass is 10.1. The van der Waals surface area contributed by atoms with Gasteiger partial charge < -0.3 is 15.0 Å². The first kappa shape index (κ1) is 16.6. The van der Waals surface area contributed by atoms with Gasteiger partial charge in [-0.1, -0.05) is 23.7 Å². The zero-order valence-electron chi connectivity index (χ0n) is 13.5. The summed E-state index contributed by atoms with van der Waals surface area (Å²) in [7, 11) is 1.65. The highest BCUT2D eigenvalue weighted by molar-refractivity contribution is 6.30. The van der Waals surface area contributed by atoms with Crippen LogP contribution in [-0.4, -0.2) is 61.8 Å². The fourth-order valence-corrected chi connectivity index (χ4v) is 3.62. The second kappa shape index (κ2) is 7.51. The highest BCUT2D eigenvalue weighted by Crippen LogP contribution is 2.22. The Morgan fingerprint density at radius 3 is 2.87 bits per heavy atom. The lowest BCUT2D eigenvalue weighted by Crippen LogP contribution is -2.55. The van der Waals surface area contributed by atoms with Gasteiger partial charge in [-0.05, 0) is 37.1 Å². The van der Waals surface area contributed by atoms with Gasteiger partial charge in [-0.15, -0.1) is 0 Å². The minimum absolute atomic E-state index is 0.00597. The van der Waals surface area contributed by atoms with Crippen LogP contribution in [0.5, 0.6) is 0 Å². The number of piperazine rings is 1. The van der Waals surface area contributed by atoms with Crippen LogP contribution in [0.1, 0.15) is 24.4 Å². The van der Waals surface area contributed by atoms with E-state index in [4.69, 9.17) is 16.3 Å². The van der Waals surface area contributed by atoms with Crippen LogP contribution in [0.3, 0.4) is 0 Å². The lowest BCUT2D eigenvalue weighted by molar-refractivity contribution is 0.110. The van der Waals surface area contributed by atoms with Gasteiger partial charge in [0.25, 0.3) is 0 Å². The highest BCUT2D eigenvalue weighted by Gasteiger charge is 2.33. The number of hydrogen-bond acceptors (Lipinski definition) is 3. The molecule has 0 saturated carbocycles. The van der Waals surface area contributed by atoms with E-state index in [0.717, 1.165) is 25.2 Å². The third kappa shape index (κ3) is 3.97. The highest BCUT2D eigenvalue weighted by atomic mass is 35.5. The Morgan fingerprint density at radius 1 is 1.35 bits per heavy atom. The largest absolute Gasteiger partial charge is 0.382 e. The molecule has 2 aliphatic rings. The molecule has 6 heteroatoms. The molecule has 0 unspecified atom stereocenters. The molecule has 2 saturated heterocycles. The number of halogens is 1. The monoisotopic (exact) mass is 337 g/mol. The van der Waals surface area contributed by atoms with Crippen molar-refractivity contribution in [2.24, 2.45) is 0 Å². The maximum atomic E-state index is 12.6. The summed E-state index contributed by atoms with van der Waals surface area (Å²) in [5.41, 5.74) is 1.00. The van der Waals surface area contributed by atoms with Gasteiger partial charge in [0.05, 0.1) is 12.6 Å². The molecule has 1 N–H and O–H groups in total. The molecule has 3 rings (SSSR count). The fourth-order valence-electron chi connectivity index (χ4n) is 3.50. The molecule has 1 aromatic rings. The second-order valence-corrected chi connectivity index (χ2v) is 6.72. The molecule has 0 aromatic heterocycles. The Morgan fingerprint density at radius 2 is 2.13 bits per heavy atom. The summed E-state index contributed by atoms with van der Waals surface area (Å²) in [4.78, 5) is 17.1. The zero-order chi connectivity index (χ0) is 16.2. The Labute approximate surface area is 142 Å². The number of benzene rings is 1. The van der Waals surface area contributed by atoms with Crippen molar-refractivity contribution in [1.29, 1.82) is 0 Å². The molecule has 0 radical (unpaired) electrons. The number of rotatable bonds is 4. The van der Waals surface area contributed by atoms with Gasteiger partial charge in [-0.3, -0.25) is 4.90 Å². The summed E-state index contributed by atoms with van der Waals surface area (Å²) >= 11 is 5.94. The van der Waals surface area contributed by atoms with Gasteiger partial charge in [0.15, 0.2) is 0 Å². The quantitative estimate of drug-likeness (QED) is 0.918. The number of fused-ring (bicyclic) bond motifs is 1. The molecule has 0 spiro atoms. The summed E-state index contributed by atoms with van der Waals surface area (Å²) < 4.78 is 5.27. The molecule has 2 amide bonds. The van der Waals surface area contributed by atoms with Gasteiger partial charge in [0.2, 0.25) is 0 Å². The topological polar surface area (TPSA) is 44.8 Å². The fraction of sp³-hybridized carbons (Fsp3) is 0.588. The van der Waals surface area contributed by atoms with E-state index in [1.807, 2.05) is 29.2 Å². The second-order valence-electron chi connectivity index (χ2n) is 6.29. The number of amides is 2. The van der Waals surface area contributed by atoms with Crippen molar-refractivity contribution in [3.8, 4) is 0 Å². The maximum absolute atomic E-state index is 12.6. The molecule has 2 aliphatic heterocycles. The summed E-state index contributed by atoms with van der Waals surface area (Å²) in [5.74, 6) is 0. The Balaban J connectivity index is 1.62. The van der Waals surface area contributed by atoms with Gasteiger partial charge in [0.1, 0.15) is 0 Å². The SMILES string of the molecule is COC[C@H](NC(=O)N1CCN2CCC[C@@H]2C1)c1ccc(Cl)cc1. The minimum atomic E-state index is -0.161. The zero-order valence-corrected chi connectivity index (χ0v) is 14.3. The number of methoxy groups -OCH3 is 1. The average Bonchev–Trinajstić information content (AvgIpc) is 3.02. The van der Waals surface area contributed by atoms with E-state index in [1.54, 1.807) is 7.11 Å². The van der Waals surface area contributed by atoms with E-state index in [0.29, 0.717) is 17.7 Å². The predicted molar refractivity (Wildman–Crippen MR) is 90.8 cm³/mol. The van der Waals surface area contributed by atoms with Crippen LogP contribution in [-0.2, 0) is 4.74 Å². The summed E-state index contributed by atoms with van der Waals surface area (Å²) in [6.45, 7) is 4.22. The number of carbonyl (C=O) groups excluding carboxylic acids is 1. The normalized spacial score (nSPS) is 22.7. The number of hydrogen-bond donors (Lipinski definition) is 1. The lowest BCUT2D eigenvalue weighted by Gasteiger charge is -2.38. The van der Waals surface area contributed by atoms with Crippen LogP contribution in [0.4, 0.5) is 4.79 Å². The summed E-state index contributed by atoms with van der Waals surface area (Å²) in [6, 6.07) is 7.90. The van der Waals surface area contributed by atoms with E-state index in [2.05, 4.69) is 10.2 Å². The molecule has 0 bridgehead atoms. The van der Waals surface area contributed by atoms with Crippen LogP contribution < -0.4 is 5.32 Å². The first-order valence-corrected chi connectivity index (χ1v) is 8.59. The maximum Gasteiger partial charge on any atom is 0.318 e. The minimum Gasteiger partial charge on any atom is -0.382 e. The smallest absolute Gasteiger partial charge is 0.318 e. The van der Waals surface area contributed by atoms with Crippen molar-refractivity contribution in [2.45, 2.75) is 24.9 Å². The molecule has 2 fully saturated rings. The molecular weight excluding hydrogens is 314 g/mol. The van der Waals surface area contributed by atoms with Gasteiger partial charge in [-0.25, -0.2) is 4.79 Å². The van der Waals surface area contributed by atoms with Crippen LogP contribution in [0.15, 0.2) is 24.3 Å². The summed E-state index contributed by atoms with van der Waals surface area (Å²) in [5, 5.41) is 3.79. The van der Waals surface area contributed by atoms with Crippen LogP contribution in [0, 0.1) is 0 Å². The predicted octanol–water partition coefficient (Wildman–Crippen LogP) is 2.52. The van der Waals surface area contributed by atoms with Gasteiger partial charge in [-0.2, -0.15) is 0 Å². The first-order chi connectivity index (χ1) is 11.2. The van der Waals surface area contributed by atoms with Crippen molar-refractivity contribution in [3.05, 3.63) is 34.9 Å². The standard InChI is InChI=1S/C17H24ClN3O2/c1-23-12-16(13-4-6-14(18)7-5-13)19-17(22)21-10-9-20-8-2-3-15(20)11-21/h4-7,15-16H,2-3,8-12H2,1H3,(H,19,22)/t15-,16+/m1/s1. The third-order valence-corrected chi connectivity index (χ3v) is 5.03. The average molecular weight is 338 g/mol. The Hall–Kier alpha value is -1.30. The third-order valence-electron chi connectivity index (χ3n) is 4.78. The number of nitrogens with one attached hydrogen (secondary N) is 1. The Kier molecular flexibility index (Phi) is 5.41. The molecule has 1 aromatic carbocycles. The molecule has 2 heterocycles. The van der Waals surface area contributed by atoms with Crippen LogP contribution in [0.2, 0.25) is 5.02 Å². The molecule has 5 nitrogen and oxygen atoms in total. The van der Waals surface area contributed by atoms with E-state index in [1.165, 1.54) is 19.4 Å². The number of nitrogens with zero attached hydrogens (tertiary/aromatic N) is 2. The van der Waals surface area contributed by atoms with Crippen molar-refractivity contribution in [3.63, 3.8) is 0 Å². The molecule has 0 aliphatic carbocycles. The molecule has 126 valence electrons. The van der Waals surface area contributed by atoms with Crippen molar-refractivity contribution >= 4 is 17.6 Å². The van der Waals surface area contributed by atoms with Crippen molar-refractivity contribution in [2.75, 3.05) is 39.9 Å².